The highest BCUT2D eigenvalue weighted by atomic mass is 19.4. The van der Waals surface area contributed by atoms with Gasteiger partial charge in [-0.1, -0.05) is 12.1 Å². The summed E-state index contributed by atoms with van der Waals surface area (Å²) in [4.78, 5) is 26.4. The summed E-state index contributed by atoms with van der Waals surface area (Å²) in [5, 5.41) is 1.74. The molecule has 0 spiro atoms. The predicted octanol–water partition coefficient (Wildman–Crippen LogP) is 2.76. The van der Waals surface area contributed by atoms with Gasteiger partial charge in [-0.3, -0.25) is 9.36 Å². The van der Waals surface area contributed by atoms with Crippen LogP contribution in [0.2, 0.25) is 0 Å². The third kappa shape index (κ3) is 5.29. The molecule has 2 rings (SSSR count). The molecule has 1 heterocycles. The molecular formula is C14H12F5N3O4. The van der Waals surface area contributed by atoms with Crippen LogP contribution in [0.15, 0.2) is 24.3 Å². The Balaban J connectivity index is 1.89. The van der Waals surface area contributed by atoms with E-state index in [9.17, 15) is 31.5 Å². The number of esters is 1. The number of hydrogen-bond donors (Lipinski definition) is 1. The molecule has 1 aromatic heterocycles. The Bertz CT molecular complexity index is 790. The number of rotatable bonds is 6. The van der Waals surface area contributed by atoms with E-state index in [4.69, 9.17) is 4.74 Å². The molecule has 1 N–H and O–H groups in total. The quantitative estimate of drug-likeness (QED) is 0.615. The standard InChI is InChI=1S/C14H12F5N3O4/c15-12(16)22-9-4-2-1-3-8(9)21-10(22)6-25-11(23)5-20-13(24)26-7-14(17,18)19/h1-4,12H,5-7H2,(H,20,24). The third-order valence-corrected chi connectivity index (χ3v) is 2.97. The van der Waals surface area contributed by atoms with Gasteiger partial charge in [-0.25, -0.2) is 9.78 Å². The van der Waals surface area contributed by atoms with Crippen LogP contribution < -0.4 is 5.32 Å². The maximum atomic E-state index is 13.2. The molecule has 142 valence electrons. The zero-order valence-electron chi connectivity index (χ0n) is 12.9. The van der Waals surface area contributed by atoms with Crippen LogP contribution >= 0.6 is 0 Å². The Morgan fingerprint density at radius 1 is 1.19 bits per heavy atom. The van der Waals surface area contributed by atoms with Crippen LogP contribution in [0.5, 0.6) is 0 Å². The number of benzene rings is 1. The van der Waals surface area contributed by atoms with Gasteiger partial charge in [0.05, 0.1) is 11.0 Å². The van der Waals surface area contributed by atoms with Gasteiger partial charge in [0.25, 0.3) is 0 Å². The molecule has 7 nitrogen and oxygen atoms in total. The molecule has 0 aliphatic rings. The minimum atomic E-state index is -4.70. The lowest BCUT2D eigenvalue weighted by Crippen LogP contribution is -2.33. The summed E-state index contributed by atoms with van der Waals surface area (Å²) in [6.07, 6.45) is -6.18. The second-order valence-corrected chi connectivity index (χ2v) is 4.87. The minimum Gasteiger partial charge on any atom is -0.456 e. The fraction of sp³-hybridized carbons (Fsp3) is 0.357. The topological polar surface area (TPSA) is 82.5 Å². The van der Waals surface area contributed by atoms with Crippen LogP contribution in [0, 0.1) is 0 Å². The summed E-state index contributed by atoms with van der Waals surface area (Å²) in [5.41, 5.74) is 0.412. The van der Waals surface area contributed by atoms with Crippen LogP contribution in [0.25, 0.3) is 11.0 Å². The summed E-state index contributed by atoms with van der Waals surface area (Å²) < 4.78 is 71.0. The van der Waals surface area contributed by atoms with E-state index in [1.54, 1.807) is 11.4 Å². The van der Waals surface area contributed by atoms with Crippen molar-refractivity contribution in [1.82, 2.24) is 14.9 Å². The first-order valence-electron chi connectivity index (χ1n) is 7.04. The molecule has 0 unspecified atom stereocenters. The molecule has 0 aliphatic heterocycles. The zero-order chi connectivity index (χ0) is 19.3. The normalized spacial score (nSPS) is 11.6. The molecule has 0 saturated heterocycles. The van der Waals surface area contributed by atoms with E-state index in [-0.39, 0.29) is 16.9 Å². The Labute approximate surface area is 142 Å². The lowest BCUT2D eigenvalue weighted by atomic mass is 10.3. The number of alkyl carbamates (subject to hydrolysis) is 1. The molecule has 1 amide bonds. The van der Waals surface area contributed by atoms with Gasteiger partial charge in [0.1, 0.15) is 13.2 Å². The number of amides is 1. The van der Waals surface area contributed by atoms with Crippen LogP contribution in [-0.4, -0.2) is 40.9 Å². The van der Waals surface area contributed by atoms with Crippen molar-refractivity contribution in [2.45, 2.75) is 19.3 Å². The van der Waals surface area contributed by atoms with E-state index in [0.717, 1.165) is 0 Å². The number of ether oxygens (including phenoxy) is 2. The van der Waals surface area contributed by atoms with Crippen molar-refractivity contribution in [3.8, 4) is 0 Å². The molecule has 12 heteroatoms. The first-order chi connectivity index (χ1) is 12.2. The van der Waals surface area contributed by atoms with E-state index < -0.39 is 44.5 Å². The molecule has 0 aliphatic carbocycles. The number of halogens is 5. The van der Waals surface area contributed by atoms with Crippen LogP contribution in [0.3, 0.4) is 0 Å². The lowest BCUT2D eigenvalue weighted by molar-refractivity contribution is -0.160. The Hall–Kier alpha value is -2.92. The van der Waals surface area contributed by atoms with Crippen molar-refractivity contribution < 1.29 is 41.0 Å². The zero-order valence-corrected chi connectivity index (χ0v) is 12.9. The number of alkyl halides is 5. The third-order valence-electron chi connectivity index (χ3n) is 2.97. The summed E-state index contributed by atoms with van der Waals surface area (Å²) in [6, 6.07) is 6.04. The fourth-order valence-electron chi connectivity index (χ4n) is 1.95. The number of carbonyl (C=O) groups is 2. The van der Waals surface area contributed by atoms with Gasteiger partial charge in [-0.15, -0.1) is 0 Å². The van der Waals surface area contributed by atoms with Gasteiger partial charge < -0.3 is 14.8 Å². The number of para-hydroxylation sites is 2. The number of fused-ring (bicyclic) bond motifs is 1. The summed E-state index contributed by atoms with van der Waals surface area (Å²) >= 11 is 0. The van der Waals surface area contributed by atoms with E-state index in [1.807, 2.05) is 0 Å². The van der Waals surface area contributed by atoms with Crippen molar-refractivity contribution in [3.63, 3.8) is 0 Å². The average molecular weight is 381 g/mol. The smallest absolute Gasteiger partial charge is 0.422 e. The largest absolute Gasteiger partial charge is 0.456 e. The first kappa shape index (κ1) is 19.4. The van der Waals surface area contributed by atoms with Crippen LogP contribution in [-0.2, 0) is 20.9 Å². The Morgan fingerprint density at radius 3 is 2.54 bits per heavy atom. The fourth-order valence-corrected chi connectivity index (χ4v) is 1.95. The van der Waals surface area contributed by atoms with Gasteiger partial charge in [0.2, 0.25) is 0 Å². The van der Waals surface area contributed by atoms with Crippen LogP contribution in [0.4, 0.5) is 26.7 Å². The Morgan fingerprint density at radius 2 is 1.88 bits per heavy atom. The first-order valence-corrected chi connectivity index (χ1v) is 7.04. The molecule has 2 aromatic rings. The monoisotopic (exact) mass is 381 g/mol. The molecule has 0 saturated carbocycles. The molecule has 0 bridgehead atoms. The average Bonchev–Trinajstić information content (AvgIpc) is 2.94. The molecule has 0 atom stereocenters. The number of nitrogens with zero attached hydrogens (tertiary/aromatic N) is 2. The van der Waals surface area contributed by atoms with Crippen molar-refractivity contribution in [3.05, 3.63) is 30.1 Å². The number of aromatic nitrogens is 2. The van der Waals surface area contributed by atoms with Gasteiger partial charge in [0.15, 0.2) is 12.4 Å². The molecule has 0 radical (unpaired) electrons. The maximum absolute atomic E-state index is 13.2. The summed E-state index contributed by atoms with van der Waals surface area (Å²) in [5.74, 6) is -1.30. The highest BCUT2D eigenvalue weighted by molar-refractivity contribution is 5.78. The predicted molar refractivity (Wildman–Crippen MR) is 76.2 cm³/mol. The Kier molecular flexibility index (Phi) is 5.95. The van der Waals surface area contributed by atoms with Crippen molar-refractivity contribution in [1.29, 1.82) is 0 Å². The highest BCUT2D eigenvalue weighted by Crippen LogP contribution is 2.23. The molecular weight excluding hydrogens is 369 g/mol. The molecule has 26 heavy (non-hydrogen) atoms. The second-order valence-electron chi connectivity index (χ2n) is 4.87. The number of nitrogens with one attached hydrogen (secondary N) is 1. The van der Waals surface area contributed by atoms with Gasteiger partial charge in [0, 0.05) is 0 Å². The van der Waals surface area contributed by atoms with Gasteiger partial charge in [-0.05, 0) is 12.1 Å². The maximum Gasteiger partial charge on any atom is 0.422 e. The summed E-state index contributed by atoms with van der Waals surface area (Å²) in [6.45, 7) is -6.15. The van der Waals surface area contributed by atoms with E-state index in [2.05, 4.69) is 9.72 Å². The van der Waals surface area contributed by atoms with Gasteiger partial charge >= 0.3 is 24.8 Å². The van der Waals surface area contributed by atoms with E-state index >= 15 is 0 Å². The SMILES string of the molecule is O=C(CNC(=O)OCC(F)(F)F)OCc1nc2ccccc2n1C(F)F. The highest BCUT2D eigenvalue weighted by Gasteiger charge is 2.29. The van der Waals surface area contributed by atoms with Crippen LogP contribution in [0.1, 0.15) is 12.4 Å². The number of carbonyl (C=O) groups excluding carboxylic acids is 2. The van der Waals surface area contributed by atoms with Crippen molar-refractivity contribution >= 4 is 23.1 Å². The second kappa shape index (κ2) is 7.97. The summed E-state index contributed by atoms with van der Waals surface area (Å²) in [7, 11) is 0. The molecule has 1 aromatic carbocycles. The molecule has 0 fully saturated rings. The lowest BCUT2D eigenvalue weighted by Gasteiger charge is -2.10. The van der Waals surface area contributed by atoms with Gasteiger partial charge in [-0.2, -0.15) is 22.0 Å². The number of imidazole rings is 1. The number of hydrogen-bond acceptors (Lipinski definition) is 5. The van der Waals surface area contributed by atoms with E-state index in [1.165, 1.54) is 18.2 Å². The van der Waals surface area contributed by atoms with Crippen molar-refractivity contribution in [2.24, 2.45) is 0 Å². The van der Waals surface area contributed by atoms with Crippen molar-refractivity contribution in [2.75, 3.05) is 13.2 Å². The van der Waals surface area contributed by atoms with E-state index in [0.29, 0.717) is 4.57 Å². The minimum absolute atomic E-state index is 0.141.